The van der Waals surface area contributed by atoms with E-state index in [0.717, 1.165) is 25.0 Å². The molecular weight excluding hydrogens is 280 g/mol. The fourth-order valence-corrected chi connectivity index (χ4v) is 2.65. The van der Waals surface area contributed by atoms with E-state index in [2.05, 4.69) is 0 Å². The second-order valence-corrected chi connectivity index (χ2v) is 5.41. The molecule has 1 saturated carbocycles. The SMILES string of the molecule is Cc1c(C(=O)O)n(CC2CC2)c2c(F)ccc(F)c2c1=O. The summed E-state index contributed by atoms with van der Waals surface area (Å²) >= 11 is 0. The van der Waals surface area contributed by atoms with E-state index in [4.69, 9.17) is 0 Å². The van der Waals surface area contributed by atoms with E-state index >= 15 is 0 Å². The molecule has 0 atom stereocenters. The minimum absolute atomic E-state index is 0.0693. The van der Waals surface area contributed by atoms with Crippen LogP contribution in [0.25, 0.3) is 10.9 Å². The molecule has 0 unspecified atom stereocenters. The number of nitrogens with zero attached hydrogens (tertiary/aromatic N) is 1. The maximum Gasteiger partial charge on any atom is 0.352 e. The molecular formula is C15H13F2NO3. The van der Waals surface area contributed by atoms with Gasteiger partial charge in [0, 0.05) is 12.1 Å². The Balaban J connectivity index is 2.50. The lowest BCUT2D eigenvalue weighted by Crippen LogP contribution is -2.24. The van der Waals surface area contributed by atoms with E-state index < -0.39 is 23.0 Å². The maximum absolute atomic E-state index is 14.1. The summed E-state index contributed by atoms with van der Waals surface area (Å²) in [5.41, 5.74) is -1.36. The number of hydrogen-bond acceptors (Lipinski definition) is 2. The van der Waals surface area contributed by atoms with Crippen LogP contribution in [0, 0.1) is 24.5 Å². The molecule has 0 radical (unpaired) electrons. The molecule has 1 aromatic heterocycles. The quantitative estimate of drug-likeness (QED) is 0.946. The van der Waals surface area contributed by atoms with Crippen LogP contribution in [0.4, 0.5) is 8.78 Å². The number of aromatic carboxylic acids is 1. The van der Waals surface area contributed by atoms with Crippen molar-refractivity contribution in [2.45, 2.75) is 26.3 Å². The third-order valence-electron chi connectivity index (χ3n) is 3.88. The Morgan fingerprint density at radius 1 is 1.33 bits per heavy atom. The van der Waals surface area contributed by atoms with Gasteiger partial charge in [-0.3, -0.25) is 4.79 Å². The molecule has 3 rings (SSSR count). The molecule has 1 aromatic carbocycles. The number of pyridine rings is 1. The number of carboxylic acids is 1. The van der Waals surface area contributed by atoms with Crippen molar-refractivity contribution in [3.63, 3.8) is 0 Å². The minimum atomic E-state index is -1.31. The van der Waals surface area contributed by atoms with Crippen molar-refractivity contribution in [3.05, 3.63) is 45.2 Å². The highest BCUT2D eigenvalue weighted by Crippen LogP contribution is 2.33. The first-order chi connectivity index (χ1) is 9.91. The van der Waals surface area contributed by atoms with Crippen LogP contribution in [-0.4, -0.2) is 15.6 Å². The van der Waals surface area contributed by atoms with Gasteiger partial charge in [-0.15, -0.1) is 0 Å². The number of benzene rings is 1. The first kappa shape index (κ1) is 13.7. The van der Waals surface area contributed by atoms with Gasteiger partial charge >= 0.3 is 5.97 Å². The number of fused-ring (bicyclic) bond motifs is 1. The van der Waals surface area contributed by atoms with E-state index in [1.165, 1.54) is 11.5 Å². The number of carbonyl (C=O) groups is 1. The van der Waals surface area contributed by atoms with Crippen molar-refractivity contribution in [1.82, 2.24) is 4.57 Å². The molecule has 0 saturated heterocycles. The fourth-order valence-electron chi connectivity index (χ4n) is 2.65. The fraction of sp³-hybridized carbons (Fsp3) is 0.333. The zero-order valence-electron chi connectivity index (χ0n) is 11.3. The van der Waals surface area contributed by atoms with Gasteiger partial charge < -0.3 is 9.67 Å². The van der Waals surface area contributed by atoms with Crippen molar-refractivity contribution in [2.75, 3.05) is 0 Å². The monoisotopic (exact) mass is 293 g/mol. The summed E-state index contributed by atoms with van der Waals surface area (Å²) in [6.45, 7) is 1.61. The Bertz CT molecular complexity index is 822. The van der Waals surface area contributed by atoms with Crippen LogP contribution in [-0.2, 0) is 6.54 Å². The smallest absolute Gasteiger partial charge is 0.352 e. The topological polar surface area (TPSA) is 59.3 Å². The molecule has 1 aliphatic rings. The van der Waals surface area contributed by atoms with Crippen molar-refractivity contribution in [3.8, 4) is 0 Å². The number of rotatable bonds is 3. The third kappa shape index (κ3) is 2.11. The van der Waals surface area contributed by atoms with E-state index in [-0.39, 0.29) is 34.6 Å². The molecule has 0 spiro atoms. The lowest BCUT2D eigenvalue weighted by molar-refractivity contribution is 0.0683. The number of hydrogen-bond donors (Lipinski definition) is 1. The lowest BCUT2D eigenvalue weighted by Gasteiger charge is -2.17. The lowest BCUT2D eigenvalue weighted by atomic mass is 10.1. The molecule has 2 aromatic rings. The van der Waals surface area contributed by atoms with Gasteiger partial charge in [-0.25, -0.2) is 13.6 Å². The summed E-state index contributed by atoms with van der Waals surface area (Å²) in [5.74, 6) is -2.68. The summed E-state index contributed by atoms with van der Waals surface area (Å²) in [5, 5.41) is 8.97. The van der Waals surface area contributed by atoms with Gasteiger partial charge in [-0.2, -0.15) is 0 Å². The predicted molar refractivity (Wildman–Crippen MR) is 72.5 cm³/mol. The maximum atomic E-state index is 14.1. The predicted octanol–water partition coefficient (Wildman–Crippen LogP) is 2.70. The first-order valence-corrected chi connectivity index (χ1v) is 6.66. The average molecular weight is 293 g/mol. The zero-order chi connectivity index (χ0) is 15.3. The second kappa shape index (κ2) is 4.65. The van der Waals surface area contributed by atoms with Crippen LogP contribution in [0.5, 0.6) is 0 Å². The Morgan fingerprint density at radius 2 is 1.95 bits per heavy atom. The Labute approximate surface area is 118 Å². The van der Waals surface area contributed by atoms with E-state index in [0.29, 0.717) is 0 Å². The highest BCUT2D eigenvalue weighted by molar-refractivity contribution is 5.92. The van der Waals surface area contributed by atoms with Crippen LogP contribution in [0.2, 0.25) is 0 Å². The van der Waals surface area contributed by atoms with Crippen LogP contribution < -0.4 is 5.43 Å². The van der Waals surface area contributed by atoms with Crippen molar-refractivity contribution in [2.24, 2.45) is 5.92 Å². The van der Waals surface area contributed by atoms with Crippen LogP contribution in [0.1, 0.15) is 28.9 Å². The Morgan fingerprint density at radius 3 is 2.52 bits per heavy atom. The van der Waals surface area contributed by atoms with Gasteiger partial charge in [0.15, 0.2) is 5.43 Å². The van der Waals surface area contributed by atoms with E-state index in [1.54, 1.807) is 0 Å². The van der Waals surface area contributed by atoms with Gasteiger partial charge in [0.2, 0.25) is 0 Å². The molecule has 0 amide bonds. The molecule has 4 nitrogen and oxygen atoms in total. The molecule has 1 fully saturated rings. The van der Waals surface area contributed by atoms with Gasteiger partial charge in [-0.05, 0) is 37.8 Å². The number of carboxylic acid groups (broad SMARTS) is 1. The zero-order valence-corrected chi connectivity index (χ0v) is 11.3. The molecule has 1 heterocycles. The van der Waals surface area contributed by atoms with Crippen LogP contribution in [0.15, 0.2) is 16.9 Å². The molecule has 0 bridgehead atoms. The van der Waals surface area contributed by atoms with Gasteiger partial charge in [0.05, 0.1) is 10.9 Å². The van der Waals surface area contributed by atoms with Gasteiger partial charge in [-0.1, -0.05) is 0 Å². The molecule has 1 aliphatic carbocycles. The highest BCUT2D eigenvalue weighted by atomic mass is 19.1. The largest absolute Gasteiger partial charge is 0.477 e. The van der Waals surface area contributed by atoms with E-state index in [9.17, 15) is 23.5 Å². The first-order valence-electron chi connectivity index (χ1n) is 6.66. The highest BCUT2D eigenvalue weighted by Gasteiger charge is 2.28. The van der Waals surface area contributed by atoms with Crippen molar-refractivity contribution >= 4 is 16.9 Å². The normalized spacial score (nSPS) is 14.6. The third-order valence-corrected chi connectivity index (χ3v) is 3.88. The summed E-state index contributed by atoms with van der Waals surface area (Å²) in [4.78, 5) is 23.7. The molecule has 21 heavy (non-hydrogen) atoms. The Kier molecular flexibility index (Phi) is 3.04. The molecule has 0 aliphatic heterocycles. The van der Waals surface area contributed by atoms with Gasteiger partial charge in [0.25, 0.3) is 0 Å². The standard InChI is InChI=1S/C15H13F2NO3/c1-7-12(15(20)21)18(6-8-2-3-8)13-10(17)5-4-9(16)11(13)14(7)19/h4-5,8H,2-3,6H2,1H3,(H,20,21). The summed E-state index contributed by atoms with van der Waals surface area (Å²) in [6, 6.07) is 1.81. The summed E-state index contributed by atoms with van der Waals surface area (Å²) in [6.07, 6.45) is 1.84. The van der Waals surface area contributed by atoms with E-state index in [1.807, 2.05) is 0 Å². The summed E-state index contributed by atoms with van der Waals surface area (Å²) < 4.78 is 29.3. The van der Waals surface area contributed by atoms with Crippen molar-refractivity contribution in [1.29, 1.82) is 0 Å². The van der Waals surface area contributed by atoms with Gasteiger partial charge in [0.1, 0.15) is 17.3 Å². The van der Waals surface area contributed by atoms with Crippen LogP contribution >= 0.6 is 0 Å². The second-order valence-electron chi connectivity index (χ2n) is 5.41. The van der Waals surface area contributed by atoms with Crippen LogP contribution in [0.3, 0.4) is 0 Å². The molecule has 1 N–H and O–H groups in total. The molecule has 6 heteroatoms. The Hall–Kier alpha value is -2.24. The number of aromatic nitrogens is 1. The minimum Gasteiger partial charge on any atom is -0.477 e. The average Bonchev–Trinajstić information content (AvgIpc) is 3.22. The summed E-state index contributed by atoms with van der Waals surface area (Å²) in [7, 11) is 0. The number of halogens is 2. The molecule has 110 valence electrons. The van der Waals surface area contributed by atoms with Crippen molar-refractivity contribution < 1.29 is 18.7 Å².